The third-order valence-electron chi connectivity index (χ3n) is 3.88. The van der Waals surface area contributed by atoms with Crippen molar-refractivity contribution >= 4 is 43.2 Å². The summed E-state index contributed by atoms with van der Waals surface area (Å²) in [5.41, 5.74) is 1.42. The maximum Gasteiger partial charge on any atom is 0.248 e. The molecule has 0 fully saturated rings. The minimum atomic E-state index is -3.72. The smallest absolute Gasteiger partial charge is 0.248 e. The first-order valence-corrected chi connectivity index (χ1v) is 10.6. The molecular weight excluding hydrogens is 423 g/mol. The maximum atomic E-state index is 13.9. The lowest BCUT2D eigenvalue weighted by atomic mass is 10.1. The summed E-state index contributed by atoms with van der Waals surface area (Å²) in [6.07, 6.45) is 1.85. The molecule has 0 aromatic heterocycles. The van der Waals surface area contributed by atoms with Gasteiger partial charge in [-0.1, -0.05) is 35.0 Å². The predicted octanol–water partition coefficient (Wildman–Crippen LogP) is 3.94. The van der Waals surface area contributed by atoms with E-state index in [1.807, 2.05) is 19.1 Å². The molecule has 2 rings (SSSR count). The summed E-state index contributed by atoms with van der Waals surface area (Å²) in [6.45, 7) is 3.45. The highest BCUT2D eigenvalue weighted by Crippen LogP contribution is 2.24. The number of nitrogens with one attached hydrogen (secondary N) is 1. The summed E-state index contributed by atoms with van der Waals surface area (Å²) in [7, 11) is -3.72. The maximum absolute atomic E-state index is 13.9. The van der Waals surface area contributed by atoms with Gasteiger partial charge in [-0.3, -0.25) is 9.10 Å². The van der Waals surface area contributed by atoms with Crippen molar-refractivity contribution < 1.29 is 17.6 Å². The Bertz CT molecular complexity index is 901. The van der Waals surface area contributed by atoms with Crippen LogP contribution in [0, 0.1) is 5.82 Å². The third-order valence-corrected chi connectivity index (χ3v) is 5.61. The van der Waals surface area contributed by atoms with Crippen LogP contribution in [0.15, 0.2) is 46.9 Å². The van der Waals surface area contributed by atoms with Crippen LogP contribution in [0.1, 0.15) is 19.4 Å². The zero-order chi connectivity index (χ0) is 19.5. The van der Waals surface area contributed by atoms with Crippen LogP contribution in [-0.2, 0) is 21.2 Å². The zero-order valence-corrected chi connectivity index (χ0v) is 17.1. The minimum absolute atomic E-state index is 0.0140. The summed E-state index contributed by atoms with van der Waals surface area (Å²) in [4.78, 5) is 12.5. The second kappa shape index (κ2) is 8.18. The van der Waals surface area contributed by atoms with Gasteiger partial charge in [0, 0.05) is 4.47 Å². The van der Waals surface area contributed by atoms with Crippen LogP contribution in [-0.4, -0.2) is 26.6 Å². The fraction of sp³-hybridized carbons (Fsp3) is 0.278. The molecular formula is C18H20BrFN2O3S. The van der Waals surface area contributed by atoms with Gasteiger partial charge in [0.2, 0.25) is 15.9 Å². The number of hydrogen-bond donors (Lipinski definition) is 1. The monoisotopic (exact) mass is 442 g/mol. The molecule has 140 valence electrons. The summed E-state index contributed by atoms with van der Waals surface area (Å²) >= 11 is 3.14. The molecule has 0 aliphatic carbocycles. The molecule has 2 aromatic carbocycles. The van der Waals surface area contributed by atoms with E-state index in [-0.39, 0.29) is 5.69 Å². The molecule has 0 unspecified atom stereocenters. The van der Waals surface area contributed by atoms with E-state index in [1.165, 1.54) is 19.1 Å². The predicted molar refractivity (Wildman–Crippen MR) is 105 cm³/mol. The topological polar surface area (TPSA) is 66.5 Å². The number of sulfonamides is 1. The quantitative estimate of drug-likeness (QED) is 0.736. The van der Waals surface area contributed by atoms with Crippen molar-refractivity contribution in [1.29, 1.82) is 0 Å². The minimum Gasteiger partial charge on any atom is -0.322 e. The highest BCUT2D eigenvalue weighted by Gasteiger charge is 2.29. The highest BCUT2D eigenvalue weighted by atomic mass is 79.9. The fourth-order valence-electron chi connectivity index (χ4n) is 2.52. The van der Waals surface area contributed by atoms with Gasteiger partial charge in [-0.05, 0) is 49.2 Å². The van der Waals surface area contributed by atoms with Crippen LogP contribution < -0.4 is 9.62 Å². The Balaban J connectivity index is 2.30. The molecule has 1 amide bonds. The van der Waals surface area contributed by atoms with Crippen LogP contribution in [0.5, 0.6) is 0 Å². The molecule has 0 bridgehead atoms. The fourth-order valence-corrected chi connectivity index (χ4v) is 4.02. The van der Waals surface area contributed by atoms with E-state index in [2.05, 4.69) is 21.2 Å². The first kappa shape index (κ1) is 20.4. The lowest BCUT2D eigenvalue weighted by Gasteiger charge is -2.28. The van der Waals surface area contributed by atoms with Crippen LogP contribution in [0.2, 0.25) is 0 Å². The summed E-state index contributed by atoms with van der Waals surface area (Å²) in [5.74, 6) is -1.24. The summed E-state index contributed by atoms with van der Waals surface area (Å²) in [6, 6.07) is 10.1. The average Bonchev–Trinajstić information content (AvgIpc) is 2.56. The normalized spacial score (nSPS) is 12.5. The van der Waals surface area contributed by atoms with Gasteiger partial charge in [0.15, 0.2) is 0 Å². The summed E-state index contributed by atoms with van der Waals surface area (Å²) < 4.78 is 40.0. The van der Waals surface area contributed by atoms with Crippen LogP contribution in [0.25, 0.3) is 0 Å². The second-order valence-corrected chi connectivity index (χ2v) is 8.64. The Hall–Kier alpha value is -1.93. The number of amides is 1. The van der Waals surface area contributed by atoms with Crippen molar-refractivity contribution in [3.8, 4) is 0 Å². The molecule has 0 saturated heterocycles. The zero-order valence-electron chi connectivity index (χ0n) is 14.7. The molecule has 8 heteroatoms. The molecule has 0 heterocycles. The first-order chi connectivity index (χ1) is 12.1. The lowest BCUT2D eigenvalue weighted by Crippen LogP contribution is -2.45. The van der Waals surface area contributed by atoms with Gasteiger partial charge in [0.25, 0.3) is 0 Å². The molecule has 1 atom stereocenters. The first-order valence-electron chi connectivity index (χ1n) is 7.97. The van der Waals surface area contributed by atoms with E-state index < -0.39 is 27.8 Å². The third kappa shape index (κ3) is 4.82. The van der Waals surface area contributed by atoms with E-state index >= 15 is 0 Å². The molecule has 2 aromatic rings. The molecule has 0 spiro atoms. The van der Waals surface area contributed by atoms with Crippen molar-refractivity contribution in [2.45, 2.75) is 26.3 Å². The number of nitrogens with zero attached hydrogens (tertiary/aromatic N) is 1. The van der Waals surface area contributed by atoms with Gasteiger partial charge < -0.3 is 5.32 Å². The van der Waals surface area contributed by atoms with E-state index in [0.29, 0.717) is 10.2 Å². The van der Waals surface area contributed by atoms with Gasteiger partial charge in [0.1, 0.15) is 11.9 Å². The second-order valence-electron chi connectivity index (χ2n) is 5.87. The summed E-state index contributed by atoms with van der Waals surface area (Å²) in [5, 5.41) is 2.44. The molecule has 0 radical (unpaired) electrons. The lowest BCUT2D eigenvalue weighted by molar-refractivity contribution is -0.116. The van der Waals surface area contributed by atoms with Gasteiger partial charge in [0.05, 0.1) is 17.6 Å². The SMILES string of the molecule is CCc1ccc(N([C@@H](C)C(=O)Nc2ccc(Br)cc2F)S(C)(=O)=O)cc1. The Morgan fingerprint density at radius 2 is 1.85 bits per heavy atom. The van der Waals surface area contributed by atoms with Crippen LogP contribution in [0.3, 0.4) is 0 Å². The van der Waals surface area contributed by atoms with Crippen LogP contribution in [0.4, 0.5) is 15.8 Å². The number of hydrogen-bond acceptors (Lipinski definition) is 3. The average molecular weight is 443 g/mol. The van der Waals surface area contributed by atoms with Crippen molar-refractivity contribution in [3.63, 3.8) is 0 Å². The number of benzene rings is 2. The Morgan fingerprint density at radius 3 is 2.35 bits per heavy atom. The Morgan fingerprint density at radius 1 is 1.23 bits per heavy atom. The molecule has 0 saturated carbocycles. The number of carbonyl (C=O) groups is 1. The van der Waals surface area contributed by atoms with Gasteiger partial charge in [-0.2, -0.15) is 0 Å². The van der Waals surface area contributed by atoms with Crippen molar-refractivity contribution in [3.05, 3.63) is 58.3 Å². The van der Waals surface area contributed by atoms with Crippen molar-refractivity contribution in [1.82, 2.24) is 0 Å². The standard InChI is InChI=1S/C18H20BrFN2O3S/c1-4-13-5-8-15(9-6-13)22(26(3,24)25)12(2)18(23)21-17-10-7-14(19)11-16(17)20/h5-12H,4H2,1-3H3,(H,21,23)/t12-/m0/s1. The molecule has 0 aliphatic heterocycles. The number of carbonyl (C=O) groups excluding carboxylic acids is 1. The highest BCUT2D eigenvalue weighted by molar-refractivity contribution is 9.10. The van der Waals surface area contributed by atoms with Crippen LogP contribution >= 0.6 is 15.9 Å². The van der Waals surface area contributed by atoms with E-state index in [9.17, 15) is 17.6 Å². The Kier molecular flexibility index (Phi) is 6.41. The molecule has 1 N–H and O–H groups in total. The number of aryl methyl sites for hydroxylation is 1. The van der Waals surface area contributed by atoms with Crippen molar-refractivity contribution in [2.24, 2.45) is 0 Å². The van der Waals surface area contributed by atoms with Gasteiger partial charge in [-0.15, -0.1) is 0 Å². The van der Waals surface area contributed by atoms with Gasteiger partial charge >= 0.3 is 0 Å². The van der Waals surface area contributed by atoms with Gasteiger partial charge in [-0.25, -0.2) is 12.8 Å². The molecule has 5 nitrogen and oxygen atoms in total. The molecule has 0 aliphatic rings. The molecule has 26 heavy (non-hydrogen) atoms. The van der Waals surface area contributed by atoms with E-state index in [0.717, 1.165) is 22.5 Å². The van der Waals surface area contributed by atoms with E-state index in [1.54, 1.807) is 18.2 Å². The Labute approximate surface area is 161 Å². The number of anilines is 2. The van der Waals surface area contributed by atoms with E-state index in [4.69, 9.17) is 0 Å². The number of halogens is 2. The van der Waals surface area contributed by atoms with Crippen molar-refractivity contribution in [2.75, 3.05) is 15.9 Å². The number of rotatable bonds is 6. The largest absolute Gasteiger partial charge is 0.322 e.